The maximum Gasteiger partial charge on any atom is 0.338 e. The van der Waals surface area contributed by atoms with E-state index in [0.717, 1.165) is 11.1 Å². The van der Waals surface area contributed by atoms with E-state index < -0.39 is 5.97 Å². The molecule has 0 unspecified atom stereocenters. The van der Waals surface area contributed by atoms with Gasteiger partial charge in [-0.2, -0.15) is 0 Å². The summed E-state index contributed by atoms with van der Waals surface area (Å²) in [5.41, 5.74) is 2.53. The summed E-state index contributed by atoms with van der Waals surface area (Å²) in [6.45, 7) is 2.83. The Morgan fingerprint density at radius 1 is 0.906 bits per heavy atom. The van der Waals surface area contributed by atoms with Crippen molar-refractivity contribution in [3.05, 3.63) is 101 Å². The molecule has 0 aromatic heterocycles. The molecular weight excluding hydrogens is 409 g/mol. The summed E-state index contributed by atoms with van der Waals surface area (Å²) < 4.78 is 24.5. The molecule has 5 nitrogen and oxygen atoms in total. The number of esters is 1. The Hall–Kier alpha value is -3.67. The third-order valence-electron chi connectivity index (χ3n) is 5.15. The molecule has 3 aromatic rings. The fourth-order valence-corrected chi connectivity index (χ4v) is 3.31. The van der Waals surface area contributed by atoms with E-state index in [9.17, 15) is 14.0 Å². The Morgan fingerprint density at radius 2 is 1.56 bits per heavy atom. The second-order valence-electron chi connectivity index (χ2n) is 7.26. The molecule has 1 amide bonds. The first-order valence-corrected chi connectivity index (χ1v) is 10.4. The number of halogens is 1. The maximum absolute atomic E-state index is 13.9. The van der Waals surface area contributed by atoms with Crippen LogP contribution in [0, 0.1) is 5.82 Å². The van der Waals surface area contributed by atoms with Crippen molar-refractivity contribution in [3.63, 3.8) is 0 Å². The number of nitrogens with zero attached hydrogens (tertiary/aromatic N) is 1. The zero-order chi connectivity index (χ0) is 22.9. The van der Waals surface area contributed by atoms with Gasteiger partial charge in [0.15, 0.2) is 0 Å². The van der Waals surface area contributed by atoms with Gasteiger partial charge in [0.05, 0.1) is 19.1 Å². The van der Waals surface area contributed by atoms with Gasteiger partial charge in [-0.15, -0.1) is 0 Å². The number of rotatable bonds is 9. The topological polar surface area (TPSA) is 55.8 Å². The Morgan fingerprint density at radius 3 is 2.22 bits per heavy atom. The van der Waals surface area contributed by atoms with E-state index in [-0.39, 0.29) is 31.3 Å². The van der Waals surface area contributed by atoms with Gasteiger partial charge < -0.3 is 14.4 Å². The quantitative estimate of drug-likeness (QED) is 0.454. The minimum atomic E-state index is -0.408. The molecule has 0 N–H and O–H groups in total. The molecule has 0 fully saturated rings. The summed E-state index contributed by atoms with van der Waals surface area (Å²) in [7, 11) is 1.34. The van der Waals surface area contributed by atoms with E-state index in [1.165, 1.54) is 13.2 Å². The first kappa shape index (κ1) is 23.0. The minimum absolute atomic E-state index is 0.0728. The second kappa shape index (κ2) is 11.1. The highest BCUT2D eigenvalue weighted by Crippen LogP contribution is 2.18. The van der Waals surface area contributed by atoms with Crippen LogP contribution in [0.25, 0.3) is 0 Å². The Bertz CT molecular complexity index is 1070. The molecule has 3 rings (SSSR count). The van der Waals surface area contributed by atoms with E-state index in [1.54, 1.807) is 47.4 Å². The fraction of sp³-hybridized carbons (Fsp3) is 0.231. The van der Waals surface area contributed by atoms with Crippen LogP contribution in [0.2, 0.25) is 0 Å². The molecule has 0 bridgehead atoms. The molecule has 166 valence electrons. The number of likely N-dealkylation sites (N-methyl/N-ethyl adjacent to an activating group) is 1. The molecule has 0 spiro atoms. The van der Waals surface area contributed by atoms with Gasteiger partial charge in [-0.3, -0.25) is 4.79 Å². The average Bonchev–Trinajstić information content (AvgIpc) is 2.82. The smallest absolute Gasteiger partial charge is 0.338 e. The third kappa shape index (κ3) is 5.94. The van der Waals surface area contributed by atoms with Crippen molar-refractivity contribution in [1.82, 2.24) is 4.90 Å². The number of carbonyl (C=O) groups excluding carboxylic acids is 2. The van der Waals surface area contributed by atoms with Crippen molar-refractivity contribution in [1.29, 1.82) is 0 Å². The molecule has 0 aliphatic rings. The molecule has 0 atom stereocenters. The molecule has 0 saturated heterocycles. The van der Waals surface area contributed by atoms with Gasteiger partial charge in [0.2, 0.25) is 5.91 Å². The molecule has 3 aromatic carbocycles. The number of methoxy groups -OCH3 is 1. The van der Waals surface area contributed by atoms with E-state index in [1.807, 2.05) is 31.2 Å². The van der Waals surface area contributed by atoms with Crippen LogP contribution in [-0.2, 0) is 29.1 Å². The number of ether oxygens (including phenoxy) is 2. The van der Waals surface area contributed by atoms with Crippen LogP contribution in [0.3, 0.4) is 0 Å². The van der Waals surface area contributed by atoms with Crippen LogP contribution in [0.15, 0.2) is 72.8 Å². The standard InChI is InChI=1S/C26H26FNO4/c1-3-28(17-20-8-5-7-11-24(20)27)25(29)16-19-12-14-22(15-13-19)32-18-21-9-4-6-10-23(21)26(30)31-2/h4-15H,3,16-18H2,1-2H3. The Kier molecular flexibility index (Phi) is 7.97. The Labute approximate surface area is 187 Å². The lowest BCUT2D eigenvalue weighted by Gasteiger charge is -2.21. The number of hydrogen-bond donors (Lipinski definition) is 0. The van der Waals surface area contributed by atoms with Crippen LogP contribution < -0.4 is 4.74 Å². The second-order valence-corrected chi connectivity index (χ2v) is 7.26. The summed E-state index contributed by atoms with van der Waals surface area (Å²) in [6, 6.07) is 20.8. The van der Waals surface area contributed by atoms with Crippen LogP contribution in [0.5, 0.6) is 5.75 Å². The number of hydrogen-bond acceptors (Lipinski definition) is 4. The van der Waals surface area contributed by atoms with E-state index >= 15 is 0 Å². The highest BCUT2D eigenvalue weighted by Gasteiger charge is 2.15. The van der Waals surface area contributed by atoms with Crippen LogP contribution >= 0.6 is 0 Å². The van der Waals surface area contributed by atoms with E-state index in [2.05, 4.69) is 0 Å². The molecule has 32 heavy (non-hydrogen) atoms. The number of amides is 1. The van der Waals surface area contributed by atoms with Crippen LogP contribution in [-0.4, -0.2) is 30.4 Å². The average molecular weight is 435 g/mol. The number of benzene rings is 3. The lowest BCUT2D eigenvalue weighted by Crippen LogP contribution is -2.31. The van der Waals surface area contributed by atoms with E-state index in [4.69, 9.17) is 9.47 Å². The van der Waals surface area contributed by atoms with Gasteiger partial charge in [-0.1, -0.05) is 48.5 Å². The molecule has 0 radical (unpaired) electrons. The summed E-state index contributed by atoms with van der Waals surface area (Å²) in [4.78, 5) is 26.2. The summed E-state index contributed by atoms with van der Waals surface area (Å²) >= 11 is 0. The van der Waals surface area contributed by atoms with Gasteiger partial charge in [0.25, 0.3) is 0 Å². The number of carbonyl (C=O) groups is 2. The molecule has 6 heteroatoms. The van der Waals surface area contributed by atoms with Gasteiger partial charge in [0.1, 0.15) is 18.2 Å². The fourth-order valence-electron chi connectivity index (χ4n) is 3.31. The first-order valence-electron chi connectivity index (χ1n) is 10.4. The lowest BCUT2D eigenvalue weighted by atomic mass is 10.1. The lowest BCUT2D eigenvalue weighted by molar-refractivity contribution is -0.130. The highest BCUT2D eigenvalue weighted by atomic mass is 19.1. The van der Waals surface area contributed by atoms with Crippen molar-refractivity contribution in [2.75, 3.05) is 13.7 Å². The van der Waals surface area contributed by atoms with Gasteiger partial charge >= 0.3 is 5.97 Å². The van der Waals surface area contributed by atoms with Crippen molar-refractivity contribution in [2.24, 2.45) is 0 Å². The van der Waals surface area contributed by atoms with Gasteiger partial charge in [0, 0.05) is 24.2 Å². The summed E-state index contributed by atoms with van der Waals surface area (Å²) in [5, 5.41) is 0. The molecule has 0 aliphatic heterocycles. The predicted octanol–water partition coefficient (Wildman–Crippen LogP) is 4.78. The maximum atomic E-state index is 13.9. The van der Waals surface area contributed by atoms with Crippen LogP contribution in [0.1, 0.15) is 34.0 Å². The molecule has 0 aliphatic carbocycles. The SMILES string of the molecule is CCN(Cc1ccccc1F)C(=O)Cc1ccc(OCc2ccccc2C(=O)OC)cc1. The largest absolute Gasteiger partial charge is 0.489 e. The highest BCUT2D eigenvalue weighted by molar-refractivity contribution is 5.90. The van der Waals surface area contributed by atoms with Gasteiger partial charge in [-0.05, 0) is 36.8 Å². The zero-order valence-electron chi connectivity index (χ0n) is 18.2. The van der Waals surface area contributed by atoms with Crippen molar-refractivity contribution in [3.8, 4) is 5.75 Å². The third-order valence-corrected chi connectivity index (χ3v) is 5.15. The predicted molar refractivity (Wildman–Crippen MR) is 120 cm³/mol. The molecule has 0 heterocycles. The Balaban J connectivity index is 1.59. The van der Waals surface area contributed by atoms with Crippen molar-refractivity contribution in [2.45, 2.75) is 26.5 Å². The summed E-state index contributed by atoms with van der Waals surface area (Å²) in [6.07, 6.45) is 0.216. The van der Waals surface area contributed by atoms with E-state index in [0.29, 0.717) is 23.4 Å². The van der Waals surface area contributed by atoms with Crippen molar-refractivity contribution < 1.29 is 23.5 Å². The minimum Gasteiger partial charge on any atom is -0.489 e. The molecular formula is C26H26FNO4. The molecule has 0 saturated carbocycles. The van der Waals surface area contributed by atoms with Crippen molar-refractivity contribution >= 4 is 11.9 Å². The van der Waals surface area contributed by atoms with Gasteiger partial charge in [-0.25, -0.2) is 9.18 Å². The first-order chi connectivity index (χ1) is 15.5. The zero-order valence-corrected chi connectivity index (χ0v) is 18.2. The summed E-state index contributed by atoms with van der Waals surface area (Å²) in [5.74, 6) is -0.168. The monoisotopic (exact) mass is 435 g/mol. The normalized spacial score (nSPS) is 10.5. The van der Waals surface area contributed by atoms with Crippen LogP contribution in [0.4, 0.5) is 4.39 Å².